The Morgan fingerprint density at radius 1 is 1.15 bits per heavy atom. The molecule has 2 aromatic heterocycles. The van der Waals surface area contributed by atoms with Crippen molar-refractivity contribution in [1.29, 1.82) is 0 Å². The van der Waals surface area contributed by atoms with E-state index in [4.69, 9.17) is 11.6 Å². The van der Waals surface area contributed by atoms with Crippen LogP contribution in [0, 0.1) is 13.8 Å². The van der Waals surface area contributed by atoms with Crippen LogP contribution in [-0.4, -0.2) is 26.5 Å². The van der Waals surface area contributed by atoms with Gasteiger partial charge < -0.3 is 5.32 Å². The van der Waals surface area contributed by atoms with Gasteiger partial charge in [-0.3, -0.25) is 0 Å². The monoisotopic (exact) mass is 309 g/mol. The van der Waals surface area contributed by atoms with Crippen LogP contribution >= 0.6 is 23.4 Å². The molecule has 1 N–H and O–H groups in total. The Labute approximate surface area is 127 Å². The number of anilines is 1. The highest BCUT2D eigenvalue weighted by atomic mass is 35.5. The van der Waals surface area contributed by atoms with Gasteiger partial charge in [0.05, 0.1) is 0 Å². The summed E-state index contributed by atoms with van der Waals surface area (Å²) in [7, 11) is 0. The third-order valence-corrected chi connectivity index (χ3v) is 3.34. The van der Waals surface area contributed by atoms with Crippen molar-refractivity contribution in [2.75, 3.05) is 11.9 Å². The zero-order chi connectivity index (χ0) is 14.5. The summed E-state index contributed by atoms with van der Waals surface area (Å²) in [6.45, 7) is 6.87. The highest BCUT2D eigenvalue weighted by Gasteiger charge is 2.08. The maximum Gasteiger partial charge on any atom is 0.228 e. The summed E-state index contributed by atoms with van der Waals surface area (Å²) in [6, 6.07) is 4.02. The molecule has 0 aliphatic heterocycles. The first-order valence-corrected chi connectivity index (χ1v) is 7.55. The fraction of sp³-hybridized carbons (Fsp3) is 0.385. The second kappa shape index (κ2) is 6.85. The molecule has 0 saturated carbocycles. The number of hydrogen-bond donors (Lipinski definition) is 1. The molecule has 106 valence electrons. The van der Waals surface area contributed by atoms with Crippen LogP contribution in [0.15, 0.2) is 22.3 Å². The van der Waals surface area contributed by atoms with Gasteiger partial charge in [-0.2, -0.15) is 15.0 Å². The molecule has 2 aromatic rings. The molecule has 0 radical (unpaired) electrons. The van der Waals surface area contributed by atoms with Gasteiger partial charge in [-0.05, 0) is 61.3 Å². The molecule has 2 heterocycles. The fourth-order valence-corrected chi connectivity index (χ4v) is 2.74. The van der Waals surface area contributed by atoms with Crippen molar-refractivity contribution in [3.05, 3.63) is 28.7 Å². The lowest BCUT2D eigenvalue weighted by atomic mass is 10.3. The largest absolute Gasteiger partial charge is 0.354 e. The lowest BCUT2D eigenvalue weighted by Gasteiger charge is -2.06. The SMILES string of the molecule is CCCNc1nc(Cl)nc(Sc2cc(C)cc(C)n2)n1. The highest BCUT2D eigenvalue weighted by Crippen LogP contribution is 2.25. The van der Waals surface area contributed by atoms with Crippen LogP contribution in [0.5, 0.6) is 0 Å². The molecule has 0 aliphatic rings. The first kappa shape index (κ1) is 15.0. The zero-order valence-electron chi connectivity index (χ0n) is 11.6. The standard InChI is InChI=1S/C13H16ClN5S/c1-4-5-15-12-17-11(14)18-13(19-12)20-10-7-8(2)6-9(3)16-10/h6-7H,4-5H2,1-3H3,(H,15,17,18,19). The molecule has 0 saturated heterocycles. The first-order chi connectivity index (χ1) is 9.56. The zero-order valence-corrected chi connectivity index (χ0v) is 13.2. The minimum Gasteiger partial charge on any atom is -0.354 e. The van der Waals surface area contributed by atoms with Gasteiger partial charge in [-0.1, -0.05) is 6.92 Å². The molecule has 7 heteroatoms. The average Bonchev–Trinajstić information content (AvgIpc) is 2.34. The van der Waals surface area contributed by atoms with Crippen LogP contribution in [0.2, 0.25) is 5.28 Å². The van der Waals surface area contributed by atoms with Crippen LogP contribution in [0.25, 0.3) is 0 Å². The van der Waals surface area contributed by atoms with Gasteiger partial charge in [-0.25, -0.2) is 4.98 Å². The second-order valence-corrected chi connectivity index (χ2v) is 5.69. The van der Waals surface area contributed by atoms with E-state index in [0.717, 1.165) is 29.2 Å². The minimum absolute atomic E-state index is 0.186. The highest BCUT2D eigenvalue weighted by molar-refractivity contribution is 7.99. The van der Waals surface area contributed by atoms with Crippen molar-refractivity contribution < 1.29 is 0 Å². The molecule has 0 fully saturated rings. The lowest BCUT2D eigenvalue weighted by molar-refractivity contribution is 0.875. The van der Waals surface area contributed by atoms with E-state index < -0.39 is 0 Å². The van der Waals surface area contributed by atoms with E-state index in [1.54, 1.807) is 0 Å². The van der Waals surface area contributed by atoms with Crippen LogP contribution in [0.1, 0.15) is 24.6 Å². The van der Waals surface area contributed by atoms with Gasteiger partial charge in [-0.15, -0.1) is 0 Å². The van der Waals surface area contributed by atoms with Crippen molar-refractivity contribution >= 4 is 29.3 Å². The Morgan fingerprint density at radius 3 is 2.65 bits per heavy atom. The van der Waals surface area contributed by atoms with Gasteiger partial charge in [0.15, 0.2) is 5.16 Å². The molecule has 2 rings (SSSR count). The Bertz CT molecular complexity index is 585. The first-order valence-electron chi connectivity index (χ1n) is 6.35. The molecule has 5 nitrogen and oxygen atoms in total. The van der Waals surface area contributed by atoms with Crippen LogP contribution in [0.3, 0.4) is 0 Å². The summed E-state index contributed by atoms with van der Waals surface area (Å²) < 4.78 is 0. The quantitative estimate of drug-likeness (QED) is 0.912. The molecule has 0 unspecified atom stereocenters. The van der Waals surface area contributed by atoms with Crippen LogP contribution in [0.4, 0.5) is 5.95 Å². The smallest absolute Gasteiger partial charge is 0.228 e. The van der Waals surface area contributed by atoms with Crippen molar-refractivity contribution in [3.8, 4) is 0 Å². The Balaban J connectivity index is 2.21. The van der Waals surface area contributed by atoms with Crippen LogP contribution < -0.4 is 5.32 Å². The maximum absolute atomic E-state index is 5.92. The van der Waals surface area contributed by atoms with E-state index in [2.05, 4.69) is 32.2 Å². The number of nitrogens with one attached hydrogen (secondary N) is 1. The number of pyridine rings is 1. The topological polar surface area (TPSA) is 63.6 Å². The Kier molecular flexibility index (Phi) is 5.14. The van der Waals surface area contributed by atoms with Crippen LogP contribution in [-0.2, 0) is 0 Å². The van der Waals surface area contributed by atoms with Gasteiger partial charge >= 0.3 is 0 Å². The van der Waals surface area contributed by atoms with E-state index in [1.165, 1.54) is 11.8 Å². The molecule has 0 bridgehead atoms. The summed E-state index contributed by atoms with van der Waals surface area (Å²) in [6.07, 6.45) is 0.990. The third kappa shape index (κ3) is 4.31. The normalized spacial score (nSPS) is 10.6. The lowest BCUT2D eigenvalue weighted by Crippen LogP contribution is -2.06. The van der Waals surface area contributed by atoms with E-state index in [-0.39, 0.29) is 5.28 Å². The molecular weight excluding hydrogens is 294 g/mol. The van der Waals surface area contributed by atoms with Crippen molar-refractivity contribution in [2.45, 2.75) is 37.4 Å². The molecular formula is C13H16ClN5S. The van der Waals surface area contributed by atoms with Crippen molar-refractivity contribution in [2.24, 2.45) is 0 Å². The molecule has 0 aliphatic carbocycles. The van der Waals surface area contributed by atoms with E-state index >= 15 is 0 Å². The number of rotatable bonds is 5. The summed E-state index contributed by atoms with van der Waals surface area (Å²) in [5, 5.41) is 4.68. The van der Waals surface area contributed by atoms with Crippen molar-refractivity contribution in [1.82, 2.24) is 19.9 Å². The fourth-order valence-electron chi connectivity index (χ4n) is 1.64. The number of aryl methyl sites for hydroxylation is 2. The molecule has 20 heavy (non-hydrogen) atoms. The Hall–Kier alpha value is -1.40. The third-order valence-electron chi connectivity index (χ3n) is 2.39. The summed E-state index contributed by atoms with van der Waals surface area (Å²) in [5.74, 6) is 0.499. The summed E-state index contributed by atoms with van der Waals surface area (Å²) in [5.41, 5.74) is 2.13. The average molecular weight is 310 g/mol. The Morgan fingerprint density at radius 2 is 1.95 bits per heavy atom. The predicted molar refractivity (Wildman–Crippen MR) is 81.5 cm³/mol. The molecule has 0 atom stereocenters. The number of halogens is 1. The number of nitrogens with zero attached hydrogens (tertiary/aromatic N) is 4. The predicted octanol–water partition coefficient (Wildman–Crippen LogP) is 3.51. The van der Waals surface area contributed by atoms with E-state index in [9.17, 15) is 0 Å². The summed E-state index contributed by atoms with van der Waals surface area (Å²) >= 11 is 7.30. The summed E-state index contributed by atoms with van der Waals surface area (Å²) in [4.78, 5) is 16.9. The number of hydrogen-bond acceptors (Lipinski definition) is 6. The van der Waals surface area contributed by atoms with E-state index in [0.29, 0.717) is 11.1 Å². The van der Waals surface area contributed by atoms with Gasteiger partial charge in [0.2, 0.25) is 11.2 Å². The maximum atomic E-state index is 5.92. The van der Waals surface area contributed by atoms with Gasteiger partial charge in [0.25, 0.3) is 0 Å². The van der Waals surface area contributed by atoms with E-state index in [1.807, 2.05) is 26.0 Å². The van der Waals surface area contributed by atoms with Gasteiger partial charge in [0, 0.05) is 12.2 Å². The molecule has 0 aromatic carbocycles. The number of aromatic nitrogens is 4. The second-order valence-electron chi connectivity index (χ2n) is 4.36. The minimum atomic E-state index is 0.186. The van der Waals surface area contributed by atoms with Crippen molar-refractivity contribution in [3.63, 3.8) is 0 Å². The molecule has 0 amide bonds. The van der Waals surface area contributed by atoms with Gasteiger partial charge in [0.1, 0.15) is 5.03 Å². The molecule has 0 spiro atoms.